The summed E-state index contributed by atoms with van der Waals surface area (Å²) in [5, 5.41) is 12.1. The minimum atomic E-state index is -0.0387. The maximum Gasteiger partial charge on any atom is 0.253 e. The van der Waals surface area contributed by atoms with Crippen molar-refractivity contribution in [1.82, 2.24) is 9.88 Å². The van der Waals surface area contributed by atoms with E-state index in [0.29, 0.717) is 18.7 Å². The standard InChI is InChI=1S/C16H20N2O2S2/c1-3-18(8-9-19)16(20)13-4-6-15(7-5-13)22-11-14-10-21-12(2)17-14/h4-7,10,19H,3,8-9,11H2,1-2H3. The molecule has 0 aliphatic carbocycles. The van der Waals surface area contributed by atoms with Gasteiger partial charge in [-0.15, -0.1) is 23.1 Å². The normalized spacial score (nSPS) is 10.7. The lowest BCUT2D eigenvalue weighted by Gasteiger charge is -2.19. The molecule has 1 heterocycles. The van der Waals surface area contributed by atoms with Crippen LogP contribution in [-0.2, 0) is 5.75 Å². The molecule has 0 spiro atoms. The monoisotopic (exact) mass is 336 g/mol. The number of carbonyl (C=O) groups is 1. The highest BCUT2D eigenvalue weighted by atomic mass is 32.2. The molecule has 0 aliphatic heterocycles. The van der Waals surface area contributed by atoms with Crippen LogP contribution in [0.3, 0.4) is 0 Å². The number of rotatable bonds is 7. The number of nitrogens with zero attached hydrogens (tertiary/aromatic N) is 2. The summed E-state index contributed by atoms with van der Waals surface area (Å²) in [4.78, 5) is 19.5. The zero-order valence-electron chi connectivity index (χ0n) is 12.8. The van der Waals surface area contributed by atoms with Gasteiger partial charge in [0.15, 0.2) is 0 Å². The molecule has 6 heteroatoms. The van der Waals surface area contributed by atoms with E-state index in [0.717, 1.165) is 21.3 Å². The van der Waals surface area contributed by atoms with Gasteiger partial charge in [-0.25, -0.2) is 4.98 Å². The summed E-state index contributed by atoms with van der Waals surface area (Å²) >= 11 is 3.37. The third-order valence-electron chi connectivity index (χ3n) is 3.19. The lowest BCUT2D eigenvalue weighted by molar-refractivity contribution is 0.0732. The Labute approximate surface area is 139 Å². The van der Waals surface area contributed by atoms with E-state index in [4.69, 9.17) is 5.11 Å². The topological polar surface area (TPSA) is 53.4 Å². The number of likely N-dealkylation sites (N-methyl/N-ethyl adjacent to an activating group) is 1. The second kappa shape index (κ2) is 8.31. The minimum Gasteiger partial charge on any atom is -0.395 e. The maximum absolute atomic E-state index is 12.3. The van der Waals surface area contributed by atoms with Crippen LogP contribution >= 0.6 is 23.1 Å². The fourth-order valence-electron chi connectivity index (χ4n) is 2.03. The summed E-state index contributed by atoms with van der Waals surface area (Å²) < 4.78 is 0. The Balaban J connectivity index is 1.96. The summed E-state index contributed by atoms with van der Waals surface area (Å²) in [7, 11) is 0. The molecule has 4 nitrogen and oxygen atoms in total. The lowest BCUT2D eigenvalue weighted by Crippen LogP contribution is -2.33. The summed E-state index contributed by atoms with van der Waals surface area (Å²) in [5.74, 6) is 0.798. The average molecular weight is 336 g/mol. The molecule has 0 aliphatic rings. The highest BCUT2D eigenvalue weighted by Crippen LogP contribution is 2.24. The van der Waals surface area contributed by atoms with Crippen LogP contribution in [0.2, 0.25) is 0 Å². The molecular formula is C16H20N2O2S2. The predicted octanol–water partition coefficient (Wildman–Crippen LogP) is 3.20. The van der Waals surface area contributed by atoms with Crippen LogP contribution in [-0.4, -0.2) is 40.6 Å². The first kappa shape index (κ1) is 17.0. The zero-order valence-corrected chi connectivity index (χ0v) is 14.4. The Morgan fingerprint density at radius 2 is 2.09 bits per heavy atom. The molecule has 0 atom stereocenters. The number of amides is 1. The summed E-state index contributed by atoms with van der Waals surface area (Å²) in [6.45, 7) is 4.87. The molecule has 2 rings (SSSR count). The predicted molar refractivity (Wildman–Crippen MR) is 91.5 cm³/mol. The van der Waals surface area contributed by atoms with E-state index >= 15 is 0 Å². The third-order valence-corrected chi connectivity index (χ3v) is 5.06. The molecule has 2 aromatic rings. The Kier molecular flexibility index (Phi) is 6.42. The number of aromatic nitrogens is 1. The molecule has 1 N–H and O–H groups in total. The van der Waals surface area contributed by atoms with Crippen molar-refractivity contribution >= 4 is 29.0 Å². The molecule has 0 radical (unpaired) electrons. The third kappa shape index (κ3) is 4.56. The fraction of sp³-hybridized carbons (Fsp3) is 0.375. The van der Waals surface area contributed by atoms with Crippen molar-refractivity contribution < 1.29 is 9.90 Å². The molecular weight excluding hydrogens is 316 g/mol. The average Bonchev–Trinajstić information content (AvgIpc) is 2.96. The molecule has 118 valence electrons. The minimum absolute atomic E-state index is 0.0133. The highest BCUT2D eigenvalue weighted by molar-refractivity contribution is 7.98. The van der Waals surface area contributed by atoms with E-state index in [-0.39, 0.29) is 12.5 Å². The van der Waals surface area contributed by atoms with Crippen LogP contribution in [0.1, 0.15) is 28.0 Å². The van der Waals surface area contributed by atoms with Crippen molar-refractivity contribution in [3.63, 3.8) is 0 Å². The van der Waals surface area contributed by atoms with Gasteiger partial charge < -0.3 is 10.0 Å². The number of hydrogen-bond donors (Lipinski definition) is 1. The van der Waals surface area contributed by atoms with E-state index < -0.39 is 0 Å². The first-order chi connectivity index (χ1) is 10.6. The molecule has 22 heavy (non-hydrogen) atoms. The molecule has 0 saturated heterocycles. The number of benzene rings is 1. The van der Waals surface area contributed by atoms with Gasteiger partial charge in [0.25, 0.3) is 5.91 Å². The molecule has 0 unspecified atom stereocenters. The number of aliphatic hydroxyl groups is 1. The molecule has 0 saturated carbocycles. The number of thioether (sulfide) groups is 1. The second-order valence-electron chi connectivity index (χ2n) is 4.78. The molecule has 1 aromatic heterocycles. The van der Waals surface area contributed by atoms with Crippen LogP contribution in [0.4, 0.5) is 0 Å². The van der Waals surface area contributed by atoms with Gasteiger partial charge in [-0.3, -0.25) is 4.79 Å². The van der Waals surface area contributed by atoms with Gasteiger partial charge in [-0.1, -0.05) is 0 Å². The van der Waals surface area contributed by atoms with Gasteiger partial charge in [0, 0.05) is 34.7 Å². The number of carbonyl (C=O) groups excluding carboxylic acids is 1. The van der Waals surface area contributed by atoms with Gasteiger partial charge in [0.1, 0.15) is 0 Å². The summed E-state index contributed by atoms with van der Waals surface area (Å²) in [6, 6.07) is 7.61. The lowest BCUT2D eigenvalue weighted by atomic mass is 10.2. The largest absolute Gasteiger partial charge is 0.395 e. The van der Waals surface area contributed by atoms with E-state index in [1.54, 1.807) is 28.0 Å². The van der Waals surface area contributed by atoms with Crippen LogP contribution in [0.15, 0.2) is 34.5 Å². The van der Waals surface area contributed by atoms with Crippen molar-refractivity contribution in [3.8, 4) is 0 Å². The van der Waals surface area contributed by atoms with E-state index in [1.165, 1.54) is 0 Å². The van der Waals surface area contributed by atoms with Crippen molar-refractivity contribution in [2.45, 2.75) is 24.5 Å². The Hall–Kier alpha value is -1.37. The van der Waals surface area contributed by atoms with Crippen LogP contribution in [0.25, 0.3) is 0 Å². The number of hydrogen-bond acceptors (Lipinski definition) is 5. The fourth-order valence-corrected chi connectivity index (χ4v) is 3.54. The van der Waals surface area contributed by atoms with Gasteiger partial charge in [0.05, 0.1) is 17.3 Å². The van der Waals surface area contributed by atoms with Crippen molar-refractivity contribution in [3.05, 3.63) is 45.9 Å². The number of aryl methyl sites for hydroxylation is 1. The smallest absolute Gasteiger partial charge is 0.253 e. The van der Waals surface area contributed by atoms with Gasteiger partial charge in [0.2, 0.25) is 0 Å². The molecule has 0 fully saturated rings. The molecule has 1 aromatic carbocycles. The van der Waals surface area contributed by atoms with Gasteiger partial charge in [-0.2, -0.15) is 0 Å². The number of aliphatic hydroxyl groups excluding tert-OH is 1. The Morgan fingerprint density at radius 1 is 1.36 bits per heavy atom. The van der Waals surface area contributed by atoms with Crippen molar-refractivity contribution in [2.75, 3.05) is 19.7 Å². The van der Waals surface area contributed by atoms with Crippen molar-refractivity contribution in [1.29, 1.82) is 0 Å². The van der Waals surface area contributed by atoms with Gasteiger partial charge >= 0.3 is 0 Å². The first-order valence-corrected chi connectivity index (χ1v) is 9.04. The molecule has 0 bridgehead atoms. The quantitative estimate of drug-likeness (QED) is 0.789. The van der Waals surface area contributed by atoms with Crippen LogP contribution in [0, 0.1) is 6.92 Å². The summed E-state index contributed by atoms with van der Waals surface area (Å²) in [6.07, 6.45) is 0. The maximum atomic E-state index is 12.3. The zero-order chi connectivity index (χ0) is 15.9. The Morgan fingerprint density at radius 3 is 2.64 bits per heavy atom. The van der Waals surface area contributed by atoms with E-state index in [9.17, 15) is 4.79 Å². The van der Waals surface area contributed by atoms with E-state index in [2.05, 4.69) is 10.4 Å². The highest BCUT2D eigenvalue weighted by Gasteiger charge is 2.13. The van der Waals surface area contributed by atoms with Crippen LogP contribution in [0.5, 0.6) is 0 Å². The number of thiazole rings is 1. The van der Waals surface area contributed by atoms with Crippen molar-refractivity contribution in [2.24, 2.45) is 0 Å². The second-order valence-corrected chi connectivity index (χ2v) is 6.89. The first-order valence-electron chi connectivity index (χ1n) is 7.18. The van der Waals surface area contributed by atoms with E-state index in [1.807, 2.05) is 38.1 Å². The Bertz CT molecular complexity index is 611. The summed E-state index contributed by atoms with van der Waals surface area (Å²) in [5.41, 5.74) is 1.75. The SMILES string of the molecule is CCN(CCO)C(=O)c1ccc(SCc2csc(C)n2)cc1. The molecule has 1 amide bonds. The van der Waals surface area contributed by atoms with Gasteiger partial charge in [-0.05, 0) is 38.1 Å². The van der Waals surface area contributed by atoms with Crippen LogP contribution < -0.4 is 0 Å².